The lowest BCUT2D eigenvalue weighted by atomic mass is 10.2. The van der Waals surface area contributed by atoms with Crippen molar-refractivity contribution in [3.63, 3.8) is 0 Å². The minimum absolute atomic E-state index is 0.0184. The molecule has 0 bridgehead atoms. The van der Waals surface area contributed by atoms with Gasteiger partial charge in [-0.05, 0) is 30.3 Å². The highest BCUT2D eigenvalue weighted by atomic mass is 32.2. The van der Waals surface area contributed by atoms with Crippen LogP contribution in [0, 0.1) is 0 Å². The van der Waals surface area contributed by atoms with E-state index in [1.54, 1.807) is 26.0 Å². The highest BCUT2D eigenvalue weighted by molar-refractivity contribution is 7.89. The van der Waals surface area contributed by atoms with Crippen LogP contribution in [-0.4, -0.2) is 42.6 Å². The van der Waals surface area contributed by atoms with Gasteiger partial charge in [0.05, 0.1) is 4.90 Å². The first-order chi connectivity index (χ1) is 12.4. The molecule has 1 aromatic carbocycles. The lowest BCUT2D eigenvalue weighted by Crippen LogP contribution is -2.42. The summed E-state index contributed by atoms with van der Waals surface area (Å²) in [6, 6.07) is 10.4. The Hall–Kier alpha value is -2.78. The second-order valence-corrected chi connectivity index (χ2v) is 7.18. The maximum Gasteiger partial charge on any atom is 0.288 e. The third-order valence-corrected chi connectivity index (χ3v) is 5.67. The molecule has 26 heavy (non-hydrogen) atoms. The molecule has 0 saturated heterocycles. The van der Waals surface area contributed by atoms with Crippen LogP contribution in [0.5, 0.6) is 0 Å². The van der Waals surface area contributed by atoms with Crippen molar-refractivity contribution in [2.45, 2.75) is 18.7 Å². The van der Waals surface area contributed by atoms with Crippen molar-refractivity contribution >= 4 is 21.8 Å². The Morgan fingerprint density at radius 1 is 1.00 bits per heavy atom. The number of nitrogens with zero attached hydrogens (tertiary/aromatic N) is 2. The number of hydrogen-bond donors (Lipinski definition) is 2. The fourth-order valence-corrected chi connectivity index (χ4v) is 3.76. The summed E-state index contributed by atoms with van der Waals surface area (Å²) in [5, 5.41) is 0. The van der Waals surface area contributed by atoms with Crippen LogP contribution in [-0.2, 0) is 10.0 Å². The van der Waals surface area contributed by atoms with E-state index in [1.165, 1.54) is 40.8 Å². The summed E-state index contributed by atoms with van der Waals surface area (Å²) in [4.78, 5) is 28.0. The molecular weight excluding hydrogens is 356 g/mol. The number of rotatable bonds is 6. The number of carbonyl (C=O) groups excluding carboxylic acids is 2. The van der Waals surface area contributed by atoms with E-state index in [9.17, 15) is 18.0 Å². The standard InChI is InChI=1S/C17H20N4O4S/c1-3-21(4-2)26(24,25)14-9-7-8-13(12-14)16(22)19-20-17(23)15-10-5-6-11-18-15/h5-12H,3-4H2,1-2H3,(H,19,22)(H,20,23). The van der Waals surface area contributed by atoms with Crippen LogP contribution in [0.2, 0.25) is 0 Å². The maximum atomic E-state index is 12.5. The molecule has 0 atom stereocenters. The zero-order chi connectivity index (χ0) is 19.2. The van der Waals surface area contributed by atoms with E-state index in [-0.39, 0.29) is 16.2 Å². The van der Waals surface area contributed by atoms with Crippen LogP contribution >= 0.6 is 0 Å². The van der Waals surface area contributed by atoms with Crippen LogP contribution in [0.15, 0.2) is 53.6 Å². The Kier molecular flexibility index (Phi) is 6.42. The molecule has 2 rings (SSSR count). The fourth-order valence-electron chi connectivity index (χ4n) is 2.26. The predicted octanol–water partition coefficient (Wildman–Crippen LogP) is 1.19. The molecule has 9 heteroatoms. The topological polar surface area (TPSA) is 108 Å². The molecule has 0 aliphatic heterocycles. The van der Waals surface area contributed by atoms with Gasteiger partial charge in [0, 0.05) is 24.8 Å². The molecule has 0 saturated carbocycles. The molecule has 2 N–H and O–H groups in total. The monoisotopic (exact) mass is 376 g/mol. The van der Waals surface area contributed by atoms with E-state index in [2.05, 4.69) is 15.8 Å². The van der Waals surface area contributed by atoms with Crippen LogP contribution in [0.3, 0.4) is 0 Å². The van der Waals surface area contributed by atoms with Crippen molar-refractivity contribution in [2.75, 3.05) is 13.1 Å². The number of aromatic nitrogens is 1. The number of carbonyl (C=O) groups is 2. The van der Waals surface area contributed by atoms with Gasteiger partial charge in [0.1, 0.15) is 5.69 Å². The molecule has 0 aliphatic rings. The molecule has 0 spiro atoms. The molecule has 0 unspecified atom stereocenters. The molecule has 0 radical (unpaired) electrons. The largest absolute Gasteiger partial charge is 0.288 e. The fraction of sp³-hybridized carbons (Fsp3) is 0.235. The summed E-state index contributed by atoms with van der Waals surface area (Å²) < 4.78 is 26.4. The van der Waals surface area contributed by atoms with Crippen LogP contribution in [0.1, 0.15) is 34.7 Å². The summed E-state index contributed by atoms with van der Waals surface area (Å²) in [6.07, 6.45) is 1.46. The van der Waals surface area contributed by atoms with Gasteiger partial charge in [-0.2, -0.15) is 4.31 Å². The minimum atomic E-state index is -3.68. The van der Waals surface area contributed by atoms with Gasteiger partial charge in [0.2, 0.25) is 10.0 Å². The highest BCUT2D eigenvalue weighted by Crippen LogP contribution is 2.16. The van der Waals surface area contributed by atoms with Crippen molar-refractivity contribution < 1.29 is 18.0 Å². The minimum Gasteiger partial charge on any atom is -0.267 e. The third kappa shape index (κ3) is 4.44. The molecule has 0 fully saturated rings. The second kappa shape index (κ2) is 8.54. The van der Waals surface area contributed by atoms with Crippen molar-refractivity contribution in [3.8, 4) is 0 Å². The highest BCUT2D eigenvalue weighted by Gasteiger charge is 2.22. The van der Waals surface area contributed by atoms with Gasteiger partial charge >= 0.3 is 0 Å². The average molecular weight is 376 g/mol. The zero-order valence-corrected chi connectivity index (χ0v) is 15.3. The number of pyridine rings is 1. The van der Waals surface area contributed by atoms with E-state index in [1.807, 2.05) is 0 Å². The number of hydrazine groups is 1. The van der Waals surface area contributed by atoms with Crippen molar-refractivity contribution in [2.24, 2.45) is 0 Å². The summed E-state index contributed by atoms with van der Waals surface area (Å²) in [6.45, 7) is 4.14. The molecule has 138 valence electrons. The Morgan fingerprint density at radius 2 is 1.69 bits per heavy atom. The molecule has 2 aromatic rings. The van der Waals surface area contributed by atoms with Gasteiger partial charge in [-0.15, -0.1) is 0 Å². The Labute approximate surface area is 152 Å². The smallest absolute Gasteiger partial charge is 0.267 e. The SMILES string of the molecule is CCN(CC)S(=O)(=O)c1cccc(C(=O)NNC(=O)c2ccccn2)c1. The Balaban J connectivity index is 2.12. The first-order valence-electron chi connectivity index (χ1n) is 8.02. The van der Waals surface area contributed by atoms with Crippen LogP contribution in [0.25, 0.3) is 0 Å². The lowest BCUT2D eigenvalue weighted by Gasteiger charge is -2.18. The first kappa shape index (κ1) is 19.5. The maximum absolute atomic E-state index is 12.5. The molecule has 2 amide bonds. The average Bonchev–Trinajstić information content (AvgIpc) is 2.67. The molecule has 0 aliphatic carbocycles. The quantitative estimate of drug-likeness (QED) is 0.736. The number of amides is 2. The van der Waals surface area contributed by atoms with Gasteiger partial charge in [0.25, 0.3) is 11.8 Å². The second-order valence-electron chi connectivity index (χ2n) is 5.24. The third-order valence-electron chi connectivity index (χ3n) is 3.63. The summed E-state index contributed by atoms with van der Waals surface area (Å²) in [5.41, 5.74) is 4.74. The summed E-state index contributed by atoms with van der Waals surface area (Å²) >= 11 is 0. The van der Waals surface area contributed by atoms with E-state index < -0.39 is 21.8 Å². The molecule has 1 aromatic heterocycles. The number of hydrogen-bond acceptors (Lipinski definition) is 5. The van der Waals surface area contributed by atoms with E-state index >= 15 is 0 Å². The lowest BCUT2D eigenvalue weighted by molar-refractivity contribution is 0.0844. The molecule has 8 nitrogen and oxygen atoms in total. The number of sulfonamides is 1. The summed E-state index contributed by atoms with van der Waals surface area (Å²) in [7, 11) is -3.68. The first-order valence-corrected chi connectivity index (χ1v) is 9.46. The number of benzene rings is 1. The summed E-state index contributed by atoms with van der Waals surface area (Å²) in [5.74, 6) is -1.21. The van der Waals surface area contributed by atoms with Gasteiger partial charge in [-0.3, -0.25) is 25.4 Å². The van der Waals surface area contributed by atoms with Crippen molar-refractivity contribution in [1.29, 1.82) is 0 Å². The van der Waals surface area contributed by atoms with Gasteiger partial charge < -0.3 is 0 Å². The van der Waals surface area contributed by atoms with Crippen LogP contribution in [0.4, 0.5) is 0 Å². The molecule has 1 heterocycles. The van der Waals surface area contributed by atoms with E-state index in [0.717, 1.165) is 0 Å². The van der Waals surface area contributed by atoms with Gasteiger partial charge in [-0.1, -0.05) is 26.0 Å². The van der Waals surface area contributed by atoms with E-state index in [4.69, 9.17) is 0 Å². The Bertz CT molecular complexity index is 881. The van der Waals surface area contributed by atoms with Crippen LogP contribution < -0.4 is 10.9 Å². The van der Waals surface area contributed by atoms with Gasteiger partial charge in [-0.25, -0.2) is 8.42 Å². The zero-order valence-electron chi connectivity index (χ0n) is 14.5. The van der Waals surface area contributed by atoms with Gasteiger partial charge in [0.15, 0.2) is 0 Å². The Morgan fingerprint density at radius 3 is 2.31 bits per heavy atom. The predicted molar refractivity (Wildman–Crippen MR) is 95.7 cm³/mol. The molecular formula is C17H20N4O4S. The van der Waals surface area contributed by atoms with Crippen molar-refractivity contribution in [1.82, 2.24) is 20.1 Å². The van der Waals surface area contributed by atoms with E-state index in [0.29, 0.717) is 13.1 Å². The number of nitrogens with one attached hydrogen (secondary N) is 2. The van der Waals surface area contributed by atoms with Crippen molar-refractivity contribution in [3.05, 3.63) is 59.9 Å². The normalized spacial score (nSPS) is 11.2.